The maximum absolute atomic E-state index is 14.2. The molecule has 7 nitrogen and oxygen atoms in total. The molecule has 2 aromatic carbocycles. The molecule has 3 fully saturated rings. The number of fused-ring (bicyclic) bond motifs is 1. The van der Waals surface area contributed by atoms with Gasteiger partial charge in [0.2, 0.25) is 0 Å². The van der Waals surface area contributed by atoms with Crippen LogP contribution in [0.2, 0.25) is 0 Å². The van der Waals surface area contributed by atoms with Crippen LogP contribution in [0.5, 0.6) is 0 Å². The van der Waals surface area contributed by atoms with Crippen molar-refractivity contribution in [2.75, 3.05) is 37.6 Å². The Morgan fingerprint density at radius 3 is 2.38 bits per heavy atom. The highest BCUT2D eigenvalue weighted by Crippen LogP contribution is 2.41. The van der Waals surface area contributed by atoms with E-state index in [0.717, 1.165) is 49.4 Å². The molecule has 40 heavy (non-hydrogen) atoms. The van der Waals surface area contributed by atoms with Crippen molar-refractivity contribution in [3.8, 4) is 12.3 Å². The molecule has 2 aromatic rings. The summed E-state index contributed by atoms with van der Waals surface area (Å²) in [4.78, 5) is 36.3. The molecule has 0 bridgehead atoms. The van der Waals surface area contributed by atoms with Crippen LogP contribution in [-0.4, -0.2) is 76.7 Å². The number of carbonyl (C=O) groups excluding carboxylic acids is 2. The predicted molar refractivity (Wildman–Crippen MR) is 158 cm³/mol. The molecule has 3 aliphatic heterocycles. The zero-order valence-electron chi connectivity index (χ0n) is 23.5. The lowest BCUT2D eigenvalue weighted by atomic mass is 9.85. The fourth-order valence-corrected chi connectivity index (χ4v) is 7.13. The van der Waals surface area contributed by atoms with Crippen molar-refractivity contribution in [2.45, 2.75) is 70.0 Å². The van der Waals surface area contributed by atoms with Gasteiger partial charge in [-0.25, -0.2) is 4.79 Å². The molecule has 0 aromatic heterocycles. The minimum atomic E-state index is -0.818. The lowest BCUT2D eigenvalue weighted by Crippen LogP contribution is -2.57. The molecule has 1 spiro atoms. The SMILES string of the molecule is C#Cc1ccc2c(c1)CC(N1C(=O)N(CCC(C)=N)C3(CCN(Cc4ccc(N5CCCC5)cc4)CC3)C1=O)C2. The van der Waals surface area contributed by atoms with Gasteiger partial charge in [-0.15, -0.1) is 6.42 Å². The summed E-state index contributed by atoms with van der Waals surface area (Å²) in [6.45, 7) is 6.83. The summed E-state index contributed by atoms with van der Waals surface area (Å²) in [5, 5.41) is 7.98. The standard InChI is InChI=1S/C33H39N5O2/c1-3-25-6-9-27-21-30(22-28(27)20-25)38-31(39)33(37(32(38)40)17-12-24(2)34)13-18-35(19-14-33)23-26-7-10-29(11-8-26)36-15-4-5-16-36/h1,6-11,20,30,34H,4-5,12-19,21-23H2,2H3. The van der Waals surface area contributed by atoms with Gasteiger partial charge in [0.25, 0.3) is 5.91 Å². The largest absolute Gasteiger partial charge is 0.372 e. The van der Waals surface area contributed by atoms with Crippen LogP contribution in [0.4, 0.5) is 10.5 Å². The Labute approximate surface area is 237 Å². The molecule has 1 unspecified atom stereocenters. The Hall–Kier alpha value is -3.63. The first-order valence-corrected chi connectivity index (χ1v) is 14.7. The number of urea groups is 1. The van der Waals surface area contributed by atoms with Gasteiger partial charge < -0.3 is 15.2 Å². The normalized spacial score (nSPS) is 22.3. The van der Waals surface area contributed by atoms with Gasteiger partial charge in [-0.1, -0.05) is 24.1 Å². The lowest BCUT2D eigenvalue weighted by Gasteiger charge is -2.42. The summed E-state index contributed by atoms with van der Waals surface area (Å²) in [6, 6.07) is 14.5. The van der Waals surface area contributed by atoms with Crippen LogP contribution in [0.1, 0.15) is 61.3 Å². The number of terminal acetylenes is 1. The molecule has 1 atom stereocenters. The first kappa shape index (κ1) is 26.6. The van der Waals surface area contributed by atoms with Gasteiger partial charge in [-0.3, -0.25) is 14.6 Å². The Bertz CT molecular complexity index is 1350. The third-order valence-electron chi connectivity index (χ3n) is 9.43. The van der Waals surface area contributed by atoms with Crippen LogP contribution in [0.25, 0.3) is 0 Å². The first-order chi connectivity index (χ1) is 19.4. The smallest absolute Gasteiger partial charge is 0.327 e. The third kappa shape index (κ3) is 4.79. The predicted octanol–water partition coefficient (Wildman–Crippen LogP) is 4.46. The van der Waals surface area contributed by atoms with Gasteiger partial charge in [0.05, 0.1) is 0 Å². The number of carbonyl (C=O) groups is 2. The average Bonchev–Trinajstić information content (AvgIpc) is 3.68. The second-order valence-corrected chi connectivity index (χ2v) is 12.0. The number of benzene rings is 2. The molecule has 6 rings (SSSR count). The topological polar surface area (TPSA) is 71.0 Å². The number of nitrogens with zero attached hydrogens (tertiary/aromatic N) is 4. The first-order valence-electron chi connectivity index (χ1n) is 14.7. The second kappa shape index (κ2) is 10.7. The third-order valence-corrected chi connectivity index (χ3v) is 9.43. The van der Waals surface area contributed by atoms with E-state index < -0.39 is 5.54 Å². The molecule has 3 saturated heterocycles. The monoisotopic (exact) mass is 537 g/mol. The zero-order chi connectivity index (χ0) is 27.9. The molecule has 0 radical (unpaired) electrons. The summed E-state index contributed by atoms with van der Waals surface area (Å²) in [5.41, 5.74) is 5.42. The molecular formula is C33H39N5O2. The number of likely N-dealkylation sites (tertiary alicyclic amines) is 1. The summed E-state index contributed by atoms with van der Waals surface area (Å²) >= 11 is 0. The fraction of sp³-hybridized carbons (Fsp3) is 0.485. The molecular weight excluding hydrogens is 498 g/mol. The Morgan fingerprint density at radius 1 is 1.00 bits per heavy atom. The Morgan fingerprint density at radius 2 is 1.70 bits per heavy atom. The minimum Gasteiger partial charge on any atom is -0.372 e. The second-order valence-electron chi connectivity index (χ2n) is 12.0. The minimum absolute atomic E-state index is 0.0512. The van der Waals surface area contributed by atoms with E-state index in [4.69, 9.17) is 11.8 Å². The van der Waals surface area contributed by atoms with Gasteiger partial charge in [0, 0.05) is 68.7 Å². The molecule has 7 heteroatoms. The lowest BCUT2D eigenvalue weighted by molar-refractivity contribution is -0.137. The van der Waals surface area contributed by atoms with Crippen molar-refractivity contribution in [3.63, 3.8) is 0 Å². The summed E-state index contributed by atoms with van der Waals surface area (Å²) < 4.78 is 0. The van der Waals surface area contributed by atoms with Crippen molar-refractivity contribution < 1.29 is 9.59 Å². The number of hydrogen-bond acceptors (Lipinski definition) is 5. The number of nitrogens with one attached hydrogen (secondary N) is 1. The van der Waals surface area contributed by atoms with E-state index in [1.807, 2.05) is 23.1 Å². The van der Waals surface area contributed by atoms with E-state index in [1.165, 1.54) is 24.1 Å². The van der Waals surface area contributed by atoms with Crippen LogP contribution in [0, 0.1) is 17.8 Å². The summed E-state index contributed by atoms with van der Waals surface area (Å²) in [5.74, 6) is 2.64. The Balaban J connectivity index is 1.16. The molecule has 3 heterocycles. The fourth-order valence-electron chi connectivity index (χ4n) is 7.13. The van der Waals surface area contributed by atoms with Gasteiger partial charge in [-0.05, 0) is 86.4 Å². The van der Waals surface area contributed by atoms with Gasteiger partial charge in [-0.2, -0.15) is 0 Å². The van der Waals surface area contributed by atoms with Crippen LogP contribution in [0.3, 0.4) is 0 Å². The van der Waals surface area contributed by atoms with Crippen molar-refractivity contribution in [3.05, 3.63) is 64.7 Å². The van der Waals surface area contributed by atoms with Crippen molar-refractivity contribution in [1.29, 1.82) is 5.41 Å². The highest BCUT2D eigenvalue weighted by Gasteiger charge is 2.59. The quantitative estimate of drug-likeness (QED) is 0.322. The van der Waals surface area contributed by atoms with Gasteiger partial charge >= 0.3 is 6.03 Å². The Kier molecular flexibility index (Phi) is 7.14. The van der Waals surface area contributed by atoms with E-state index >= 15 is 0 Å². The molecule has 208 valence electrons. The molecule has 3 amide bonds. The number of hydrogen-bond donors (Lipinski definition) is 1. The van der Waals surface area contributed by atoms with Crippen LogP contribution < -0.4 is 4.90 Å². The number of anilines is 1. The highest BCUT2D eigenvalue weighted by molar-refractivity contribution is 6.07. The average molecular weight is 538 g/mol. The number of rotatable bonds is 7. The number of imide groups is 1. The van der Waals surface area contributed by atoms with E-state index in [2.05, 4.69) is 40.0 Å². The van der Waals surface area contributed by atoms with E-state index in [-0.39, 0.29) is 18.0 Å². The van der Waals surface area contributed by atoms with Crippen molar-refractivity contribution in [2.24, 2.45) is 0 Å². The maximum atomic E-state index is 14.2. The van der Waals surface area contributed by atoms with Crippen molar-refractivity contribution >= 4 is 23.3 Å². The van der Waals surface area contributed by atoms with Gasteiger partial charge in [0.1, 0.15) is 5.54 Å². The number of amides is 3. The highest BCUT2D eigenvalue weighted by atomic mass is 16.2. The molecule has 1 N–H and O–H groups in total. The molecule has 4 aliphatic rings. The van der Waals surface area contributed by atoms with Crippen LogP contribution in [-0.2, 0) is 24.2 Å². The molecule has 1 aliphatic carbocycles. The van der Waals surface area contributed by atoms with E-state index in [9.17, 15) is 9.59 Å². The summed E-state index contributed by atoms with van der Waals surface area (Å²) in [6.07, 6.45) is 11.2. The van der Waals surface area contributed by atoms with Crippen LogP contribution >= 0.6 is 0 Å². The van der Waals surface area contributed by atoms with Crippen molar-refractivity contribution in [1.82, 2.24) is 14.7 Å². The zero-order valence-corrected chi connectivity index (χ0v) is 23.5. The van der Waals surface area contributed by atoms with Crippen LogP contribution in [0.15, 0.2) is 42.5 Å². The van der Waals surface area contributed by atoms with Gasteiger partial charge in [0.15, 0.2) is 0 Å². The molecule has 0 saturated carbocycles. The number of piperidine rings is 1. The van der Waals surface area contributed by atoms with E-state index in [1.54, 1.807) is 11.8 Å². The maximum Gasteiger partial charge on any atom is 0.327 e. The summed E-state index contributed by atoms with van der Waals surface area (Å²) in [7, 11) is 0. The van der Waals surface area contributed by atoms with E-state index in [0.29, 0.717) is 44.4 Å².